The highest BCUT2D eigenvalue weighted by Gasteiger charge is 2.39. The number of pyridine rings is 1. The summed E-state index contributed by atoms with van der Waals surface area (Å²) in [5, 5.41) is 10.3. The van der Waals surface area contributed by atoms with E-state index in [0.29, 0.717) is 45.7 Å². The number of hydrogen-bond acceptors (Lipinski definition) is 5. The van der Waals surface area contributed by atoms with E-state index in [9.17, 15) is 14.3 Å². The molecule has 0 aliphatic carbocycles. The minimum Gasteiger partial charge on any atom is -0.478 e. The highest BCUT2D eigenvalue weighted by molar-refractivity contribution is 6.35. The molecule has 45 heavy (non-hydrogen) atoms. The average Bonchev–Trinajstić information content (AvgIpc) is 3.52. The Kier molecular flexibility index (Phi) is 8.24. The van der Waals surface area contributed by atoms with Gasteiger partial charge in [0.1, 0.15) is 24.1 Å². The van der Waals surface area contributed by atoms with Crippen molar-refractivity contribution in [3.05, 3.63) is 111 Å². The van der Waals surface area contributed by atoms with Crippen molar-refractivity contribution in [2.75, 3.05) is 13.2 Å². The number of carboxylic acids is 1. The van der Waals surface area contributed by atoms with E-state index in [0.717, 1.165) is 18.2 Å². The molecule has 1 N–H and O–H groups in total. The van der Waals surface area contributed by atoms with E-state index in [1.165, 1.54) is 24.3 Å². The predicted octanol–water partition coefficient (Wildman–Crippen LogP) is 8.29. The summed E-state index contributed by atoms with van der Waals surface area (Å²) in [6, 6.07) is 13.5. The maximum atomic E-state index is 15.6. The monoisotopic (exact) mass is 655 g/mol. The van der Waals surface area contributed by atoms with Gasteiger partial charge in [-0.15, -0.1) is 0 Å². The second kappa shape index (κ2) is 12.0. The van der Waals surface area contributed by atoms with E-state index in [2.05, 4.69) is 9.97 Å². The van der Waals surface area contributed by atoms with Crippen LogP contribution >= 0.6 is 23.2 Å². The van der Waals surface area contributed by atoms with Gasteiger partial charge in [0.2, 0.25) is 0 Å². The second-order valence-corrected chi connectivity index (χ2v) is 12.4. The molecule has 1 fully saturated rings. The zero-order valence-electron chi connectivity index (χ0n) is 24.1. The molecule has 3 heterocycles. The largest absolute Gasteiger partial charge is 0.478 e. The number of hydrogen-bond donors (Lipinski definition) is 1. The predicted molar refractivity (Wildman–Crippen MR) is 163 cm³/mol. The summed E-state index contributed by atoms with van der Waals surface area (Å²) >= 11 is 12.1. The van der Waals surface area contributed by atoms with Crippen molar-refractivity contribution in [1.82, 2.24) is 14.5 Å². The van der Waals surface area contributed by atoms with Crippen molar-refractivity contribution in [3.63, 3.8) is 0 Å². The molecule has 5 aromatic rings. The van der Waals surface area contributed by atoms with Gasteiger partial charge in [0.05, 0.1) is 41.5 Å². The van der Waals surface area contributed by atoms with E-state index in [-0.39, 0.29) is 46.9 Å². The fraction of sp³-hybridized carbons (Fsp3) is 0.242. The molecule has 0 saturated carbocycles. The van der Waals surface area contributed by atoms with E-state index in [4.69, 9.17) is 32.7 Å². The van der Waals surface area contributed by atoms with Crippen molar-refractivity contribution in [2.24, 2.45) is 5.41 Å². The average molecular weight is 656 g/mol. The van der Waals surface area contributed by atoms with Crippen LogP contribution in [0.3, 0.4) is 0 Å². The number of fused-ring (bicyclic) bond motifs is 1. The zero-order chi connectivity index (χ0) is 32.0. The minimum atomic E-state index is -1.09. The normalized spacial score (nSPS) is 15.9. The number of halogens is 5. The lowest BCUT2D eigenvalue weighted by atomic mass is 9.87. The lowest BCUT2D eigenvalue weighted by Gasteiger charge is -2.28. The van der Waals surface area contributed by atoms with Crippen LogP contribution in [0.5, 0.6) is 5.88 Å². The van der Waals surface area contributed by atoms with Crippen LogP contribution in [-0.2, 0) is 17.8 Å². The highest BCUT2D eigenvalue weighted by Crippen LogP contribution is 2.41. The van der Waals surface area contributed by atoms with Crippen LogP contribution in [0.2, 0.25) is 10.0 Å². The Hall–Kier alpha value is -4.12. The number of nitrogens with zero attached hydrogens (tertiary/aromatic N) is 3. The molecule has 3 aromatic carbocycles. The summed E-state index contributed by atoms with van der Waals surface area (Å²) in [4.78, 5) is 20.5. The Balaban J connectivity index is 1.33. The van der Waals surface area contributed by atoms with Gasteiger partial charge >= 0.3 is 5.97 Å². The third kappa shape index (κ3) is 6.10. The molecule has 0 spiro atoms. The van der Waals surface area contributed by atoms with Crippen molar-refractivity contribution in [2.45, 2.75) is 32.9 Å². The molecular weight excluding hydrogens is 630 g/mol. The van der Waals surface area contributed by atoms with E-state index >= 15 is 8.78 Å². The Labute approximate surface area is 266 Å². The first-order valence-corrected chi connectivity index (χ1v) is 14.7. The summed E-state index contributed by atoms with van der Waals surface area (Å²) in [5.41, 5.74) is 1.19. The minimum absolute atomic E-state index is 0.0268. The van der Waals surface area contributed by atoms with Crippen LogP contribution in [0.4, 0.5) is 13.2 Å². The summed E-state index contributed by atoms with van der Waals surface area (Å²) in [7, 11) is 0. The van der Waals surface area contributed by atoms with Crippen molar-refractivity contribution in [3.8, 4) is 17.1 Å². The van der Waals surface area contributed by atoms with Crippen LogP contribution in [-0.4, -0.2) is 38.8 Å². The number of benzene rings is 3. The molecule has 6 rings (SSSR count). The highest BCUT2D eigenvalue weighted by atomic mass is 35.5. The maximum absolute atomic E-state index is 15.6. The Morgan fingerprint density at radius 1 is 1.00 bits per heavy atom. The smallest absolute Gasteiger partial charge is 0.335 e. The maximum Gasteiger partial charge on any atom is 0.335 e. The van der Waals surface area contributed by atoms with Gasteiger partial charge in [0.25, 0.3) is 5.88 Å². The zero-order valence-corrected chi connectivity index (χ0v) is 25.6. The number of carboxylic acid groups (broad SMARTS) is 1. The standard InChI is InChI=1S/C33H26Cl2F3N3O4/c1-33(2)16-44-15-29(33)41-28-10-17(32(42)43)4-7-27(28)39-30(41)11-19-9-25(38)21(13-24(19)37)26-8-6-23(36)31(40-26)45-14-18-3-5-20(34)12-22(18)35/h3-10,12-13,29H,11,14-16H2,1-2H3,(H,42,43)/t29-/m1/s1. The number of imidazole rings is 1. The fourth-order valence-corrected chi connectivity index (χ4v) is 5.94. The van der Waals surface area contributed by atoms with E-state index in [1.807, 2.05) is 18.4 Å². The fourth-order valence-electron chi connectivity index (χ4n) is 5.48. The van der Waals surface area contributed by atoms with Gasteiger partial charge in [0, 0.05) is 33.0 Å². The molecule has 0 amide bonds. The number of aromatic carboxylic acids is 1. The molecule has 0 radical (unpaired) electrons. The molecule has 1 aliphatic rings. The summed E-state index contributed by atoms with van der Waals surface area (Å²) in [6.07, 6.45) is -0.0836. The molecule has 7 nitrogen and oxygen atoms in total. The van der Waals surface area contributed by atoms with Gasteiger partial charge in [-0.2, -0.15) is 0 Å². The summed E-state index contributed by atoms with van der Waals surface area (Å²) < 4.78 is 58.9. The first-order valence-electron chi connectivity index (χ1n) is 13.9. The number of rotatable bonds is 8. The third-order valence-electron chi connectivity index (χ3n) is 7.93. The third-order valence-corrected chi connectivity index (χ3v) is 8.51. The van der Waals surface area contributed by atoms with Crippen molar-refractivity contribution in [1.29, 1.82) is 0 Å². The Bertz CT molecular complexity index is 1960. The van der Waals surface area contributed by atoms with Gasteiger partial charge in [0.15, 0.2) is 5.82 Å². The first kappa shape index (κ1) is 30.9. The van der Waals surface area contributed by atoms with Crippen LogP contribution in [0.1, 0.15) is 47.2 Å². The van der Waals surface area contributed by atoms with Crippen LogP contribution in [0, 0.1) is 22.9 Å². The molecule has 12 heteroatoms. The Morgan fingerprint density at radius 2 is 1.80 bits per heavy atom. The van der Waals surface area contributed by atoms with Gasteiger partial charge < -0.3 is 19.1 Å². The van der Waals surface area contributed by atoms with Crippen molar-refractivity contribution < 1.29 is 32.5 Å². The number of aromatic nitrogens is 3. The molecular formula is C33H26Cl2F3N3O4. The molecule has 1 atom stereocenters. The van der Waals surface area contributed by atoms with Crippen LogP contribution < -0.4 is 4.74 Å². The van der Waals surface area contributed by atoms with E-state index in [1.54, 1.807) is 18.2 Å². The topological polar surface area (TPSA) is 86.5 Å². The van der Waals surface area contributed by atoms with Gasteiger partial charge in [-0.1, -0.05) is 43.1 Å². The summed E-state index contributed by atoms with van der Waals surface area (Å²) in [5.74, 6) is -3.35. The van der Waals surface area contributed by atoms with Crippen molar-refractivity contribution >= 4 is 40.2 Å². The molecule has 232 valence electrons. The van der Waals surface area contributed by atoms with E-state index < -0.39 is 29.3 Å². The molecule has 2 aromatic heterocycles. The lowest BCUT2D eigenvalue weighted by molar-refractivity contribution is 0.0697. The molecule has 1 aliphatic heterocycles. The first-order chi connectivity index (χ1) is 21.4. The van der Waals surface area contributed by atoms with Gasteiger partial charge in [-0.05, 0) is 60.2 Å². The quantitative estimate of drug-likeness (QED) is 0.181. The van der Waals surface area contributed by atoms with Gasteiger partial charge in [-0.3, -0.25) is 0 Å². The lowest BCUT2D eigenvalue weighted by Crippen LogP contribution is -2.27. The molecule has 1 saturated heterocycles. The number of carbonyl (C=O) groups is 1. The second-order valence-electron chi connectivity index (χ2n) is 11.5. The Morgan fingerprint density at radius 3 is 2.51 bits per heavy atom. The van der Waals surface area contributed by atoms with Crippen LogP contribution in [0.15, 0.2) is 60.7 Å². The van der Waals surface area contributed by atoms with Gasteiger partial charge in [-0.25, -0.2) is 27.9 Å². The summed E-state index contributed by atoms with van der Waals surface area (Å²) in [6.45, 7) is 4.73. The number of ether oxygens (including phenoxy) is 2. The molecule has 0 unspecified atom stereocenters. The van der Waals surface area contributed by atoms with Crippen LogP contribution in [0.25, 0.3) is 22.3 Å². The molecule has 0 bridgehead atoms. The SMILES string of the molecule is CC1(C)COC[C@H]1n1c(Cc2cc(F)c(-c3ccc(F)c(OCc4ccc(Cl)cc4Cl)n3)cc2F)nc2ccc(C(=O)O)cc21.